The number of anilines is 1. The van der Waals surface area contributed by atoms with Crippen molar-refractivity contribution in [2.24, 2.45) is 7.05 Å². The highest BCUT2D eigenvalue weighted by atomic mass is 16.2. The molecule has 6 heteroatoms. The van der Waals surface area contributed by atoms with Crippen LogP contribution in [0.5, 0.6) is 0 Å². The SMILES string of the molecule is CC(C)c1ccc(NC(=O)c2nn(C)c(=O)[nH]2)cc1. The molecule has 0 aliphatic rings. The van der Waals surface area contributed by atoms with Gasteiger partial charge in [-0.2, -0.15) is 0 Å². The van der Waals surface area contributed by atoms with Crippen molar-refractivity contribution in [1.82, 2.24) is 14.8 Å². The molecule has 2 aromatic rings. The van der Waals surface area contributed by atoms with Crippen LogP contribution in [0.25, 0.3) is 0 Å². The summed E-state index contributed by atoms with van der Waals surface area (Å²) in [5, 5.41) is 6.47. The van der Waals surface area contributed by atoms with Crippen molar-refractivity contribution in [1.29, 1.82) is 0 Å². The van der Waals surface area contributed by atoms with E-state index >= 15 is 0 Å². The zero-order valence-corrected chi connectivity index (χ0v) is 11.1. The largest absolute Gasteiger partial charge is 0.343 e. The Morgan fingerprint density at radius 1 is 1.32 bits per heavy atom. The lowest BCUT2D eigenvalue weighted by atomic mass is 10.0. The average molecular weight is 260 g/mol. The molecule has 2 rings (SSSR count). The van der Waals surface area contributed by atoms with Crippen LogP contribution in [0, 0.1) is 0 Å². The molecule has 0 unspecified atom stereocenters. The van der Waals surface area contributed by atoms with Crippen molar-refractivity contribution < 1.29 is 4.79 Å². The van der Waals surface area contributed by atoms with E-state index in [0.717, 1.165) is 4.68 Å². The van der Waals surface area contributed by atoms with Crippen LogP contribution in [0.2, 0.25) is 0 Å². The first-order chi connectivity index (χ1) is 8.97. The number of aromatic amines is 1. The van der Waals surface area contributed by atoms with Crippen molar-refractivity contribution in [3.63, 3.8) is 0 Å². The summed E-state index contributed by atoms with van der Waals surface area (Å²) in [6.07, 6.45) is 0. The lowest BCUT2D eigenvalue weighted by Gasteiger charge is -2.07. The van der Waals surface area contributed by atoms with Crippen LogP contribution in [0.1, 0.15) is 35.9 Å². The summed E-state index contributed by atoms with van der Waals surface area (Å²) in [7, 11) is 1.48. The Balaban J connectivity index is 2.12. The first kappa shape index (κ1) is 13.1. The van der Waals surface area contributed by atoms with E-state index in [-0.39, 0.29) is 5.82 Å². The average Bonchev–Trinajstić information content (AvgIpc) is 2.70. The molecular formula is C13H16N4O2. The highest BCUT2D eigenvalue weighted by molar-refractivity contribution is 6.01. The van der Waals surface area contributed by atoms with Crippen molar-refractivity contribution in [2.45, 2.75) is 19.8 Å². The highest BCUT2D eigenvalue weighted by Gasteiger charge is 2.11. The normalized spacial score (nSPS) is 10.7. The molecule has 0 saturated carbocycles. The maximum absolute atomic E-state index is 11.8. The number of nitrogens with one attached hydrogen (secondary N) is 2. The van der Waals surface area contributed by atoms with Crippen LogP contribution in [-0.2, 0) is 7.05 Å². The lowest BCUT2D eigenvalue weighted by molar-refractivity contribution is 0.101. The third-order valence-electron chi connectivity index (χ3n) is 2.82. The van der Waals surface area contributed by atoms with Gasteiger partial charge >= 0.3 is 5.69 Å². The second kappa shape index (κ2) is 5.09. The lowest BCUT2D eigenvalue weighted by Crippen LogP contribution is -2.15. The zero-order valence-electron chi connectivity index (χ0n) is 11.1. The van der Waals surface area contributed by atoms with E-state index in [4.69, 9.17) is 0 Å². The van der Waals surface area contributed by atoms with Gasteiger partial charge < -0.3 is 5.32 Å². The van der Waals surface area contributed by atoms with E-state index in [0.29, 0.717) is 11.6 Å². The van der Waals surface area contributed by atoms with E-state index in [1.165, 1.54) is 12.6 Å². The minimum Gasteiger partial charge on any atom is -0.319 e. The van der Waals surface area contributed by atoms with E-state index in [1.54, 1.807) is 0 Å². The van der Waals surface area contributed by atoms with Crippen LogP contribution in [0.4, 0.5) is 5.69 Å². The molecule has 19 heavy (non-hydrogen) atoms. The maximum Gasteiger partial charge on any atom is 0.343 e. The fourth-order valence-corrected chi connectivity index (χ4v) is 1.65. The molecular weight excluding hydrogens is 244 g/mol. The summed E-state index contributed by atoms with van der Waals surface area (Å²) in [6, 6.07) is 7.57. The molecule has 6 nitrogen and oxygen atoms in total. The van der Waals surface area contributed by atoms with Gasteiger partial charge in [-0.3, -0.25) is 9.78 Å². The summed E-state index contributed by atoms with van der Waals surface area (Å²) in [4.78, 5) is 25.4. The maximum atomic E-state index is 11.8. The Morgan fingerprint density at radius 3 is 2.42 bits per heavy atom. The molecule has 2 N–H and O–H groups in total. The second-order valence-electron chi connectivity index (χ2n) is 4.63. The Kier molecular flexibility index (Phi) is 3.50. The second-order valence-corrected chi connectivity index (χ2v) is 4.63. The standard InChI is InChI=1S/C13H16N4O2/c1-8(2)9-4-6-10(7-5-9)14-12(18)11-15-13(19)17(3)16-11/h4-8H,1-3H3,(H,14,18)(H,15,16,19). The summed E-state index contributed by atoms with van der Waals surface area (Å²) >= 11 is 0. The van der Waals surface area contributed by atoms with E-state index in [1.807, 2.05) is 24.3 Å². The molecule has 1 heterocycles. The number of rotatable bonds is 3. The zero-order chi connectivity index (χ0) is 14.0. The van der Waals surface area contributed by atoms with Gasteiger partial charge in [0.2, 0.25) is 5.82 Å². The number of hydrogen-bond donors (Lipinski definition) is 2. The summed E-state index contributed by atoms with van der Waals surface area (Å²) in [5.41, 5.74) is 1.45. The molecule has 0 aliphatic heterocycles. The smallest absolute Gasteiger partial charge is 0.319 e. The van der Waals surface area contributed by atoms with Crippen molar-refractivity contribution in [3.8, 4) is 0 Å². The number of carbonyl (C=O) groups is 1. The summed E-state index contributed by atoms with van der Waals surface area (Å²) in [5.74, 6) is 0.00679. The number of aryl methyl sites for hydroxylation is 1. The third-order valence-corrected chi connectivity index (χ3v) is 2.82. The van der Waals surface area contributed by atoms with Gasteiger partial charge in [-0.15, -0.1) is 5.10 Å². The van der Waals surface area contributed by atoms with Gasteiger partial charge in [-0.25, -0.2) is 9.48 Å². The van der Waals surface area contributed by atoms with Gasteiger partial charge in [0.05, 0.1) is 0 Å². The minimum atomic E-state index is -0.435. The predicted octanol–water partition coefficient (Wildman–Crippen LogP) is 1.48. The Hall–Kier alpha value is -2.37. The van der Waals surface area contributed by atoms with Gasteiger partial charge in [0.15, 0.2) is 0 Å². The topological polar surface area (TPSA) is 79.8 Å². The molecule has 1 aromatic heterocycles. The molecule has 0 fully saturated rings. The van der Waals surface area contributed by atoms with Gasteiger partial charge in [0, 0.05) is 12.7 Å². The first-order valence-electron chi connectivity index (χ1n) is 6.02. The molecule has 1 aromatic carbocycles. The predicted molar refractivity (Wildman–Crippen MR) is 72.3 cm³/mol. The quantitative estimate of drug-likeness (QED) is 0.877. The molecule has 0 saturated heterocycles. The van der Waals surface area contributed by atoms with E-state index in [2.05, 4.69) is 29.2 Å². The molecule has 100 valence electrons. The molecule has 0 spiro atoms. The number of benzene rings is 1. The van der Waals surface area contributed by atoms with Crippen molar-refractivity contribution in [2.75, 3.05) is 5.32 Å². The number of aromatic nitrogens is 3. The molecule has 0 atom stereocenters. The third kappa shape index (κ3) is 2.90. The van der Waals surface area contributed by atoms with Crippen LogP contribution in [0.3, 0.4) is 0 Å². The number of amides is 1. The number of nitrogens with zero attached hydrogens (tertiary/aromatic N) is 2. The van der Waals surface area contributed by atoms with Gasteiger partial charge in [-0.1, -0.05) is 26.0 Å². The summed E-state index contributed by atoms with van der Waals surface area (Å²) in [6.45, 7) is 4.21. The fourth-order valence-electron chi connectivity index (χ4n) is 1.65. The van der Waals surface area contributed by atoms with Crippen molar-refractivity contribution in [3.05, 3.63) is 46.1 Å². The Bertz CT molecular complexity index is 637. The monoisotopic (exact) mass is 260 g/mol. The Labute approximate surface area is 110 Å². The number of H-pyrrole nitrogens is 1. The molecule has 0 bridgehead atoms. The van der Waals surface area contributed by atoms with Crippen LogP contribution in [0.15, 0.2) is 29.1 Å². The van der Waals surface area contributed by atoms with E-state index < -0.39 is 11.6 Å². The van der Waals surface area contributed by atoms with Gasteiger partial charge in [-0.05, 0) is 23.6 Å². The molecule has 0 radical (unpaired) electrons. The van der Waals surface area contributed by atoms with Crippen LogP contribution < -0.4 is 11.0 Å². The van der Waals surface area contributed by atoms with E-state index in [9.17, 15) is 9.59 Å². The number of carbonyl (C=O) groups excluding carboxylic acids is 1. The fraction of sp³-hybridized carbons (Fsp3) is 0.308. The van der Waals surface area contributed by atoms with Crippen LogP contribution in [-0.4, -0.2) is 20.7 Å². The first-order valence-corrected chi connectivity index (χ1v) is 6.02. The minimum absolute atomic E-state index is 0.000404. The van der Waals surface area contributed by atoms with Gasteiger partial charge in [0.25, 0.3) is 5.91 Å². The summed E-state index contributed by atoms with van der Waals surface area (Å²) < 4.78 is 1.08. The number of hydrogen-bond acceptors (Lipinski definition) is 3. The molecule has 1 amide bonds. The Morgan fingerprint density at radius 2 is 1.95 bits per heavy atom. The van der Waals surface area contributed by atoms with Crippen molar-refractivity contribution >= 4 is 11.6 Å². The van der Waals surface area contributed by atoms with Gasteiger partial charge in [0.1, 0.15) is 0 Å². The van der Waals surface area contributed by atoms with Crippen LogP contribution >= 0.6 is 0 Å². The highest BCUT2D eigenvalue weighted by Crippen LogP contribution is 2.17. The molecule has 0 aliphatic carbocycles.